The maximum atomic E-state index is 13.9. The Morgan fingerprint density at radius 1 is 0.818 bits per heavy atom. The number of carbonyl (C=O) groups excluding carboxylic acids is 3. The monoisotopic (exact) mass is 437 g/mol. The van der Waals surface area contributed by atoms with E-state index in [1.54, 1.807) is 0 Å². The van der Waals surface area contributed by atoms with Crippen LogP contribution in [0.5, 0.6) is 0 Å². The van der Waals surface area contributed by atoms with Crippen molar-refractivity contribution in [1.29, 1.82) is 0 Å². The molecule has 6 nitrogen and oxygen atoms in total. The van der Waals surface area contributed by atoms with Gasteiger partial charge in [0.15, 0.2) is 0 Å². The number of carbonyl (C=O) groups is 4. The molecule has 0 aromatic heterocycles. The summed E-state index contributed by atoms with van der Waals surface area (Å²) in [5.74, 6) is -3.91. The molecule has 0 radical (unpaired) electrons. The van der Waals surface area contributed by atoms with Crippen molar-refractivity contribution in [2.24, 2.45) is 11.8 Å². The summed E-state index contributed by atoms with van der Waals surface area (Å²) in [7, 11) is 0. The van der Waals surface area contributed by atoms with Crippen LogP contribution in [0.15, 0.2) is 72.8 Å². The fraction of sp³-hybridized carbons (Fsp3) is 0.185. The zero-order chi connectivity index (χ0) is 23.1. The molecule has 3 aliphatic carbocycles. The van der Waals surface area contributed by atoms with E-state index in [4.69, 9.17) is 0 Å². The van der Waals surface area contributed by atoms with Crippen LogP contribution in [-0.2, 0) is 19.8 Å². The zero-order valence-electron chi connectivity index (χ0n) is 17.7. The summed E-state index contributed by atoms with van der Waals surface area (Å²) in [6.07, 6.45) is 0. The van der Waals surface area contributed by atoms with Crippen molar-refractivity contribution < 1.29 is 24.3 Å². The molecular weight excluding hydrogens is 418 g/mol. The second kappa shape index (κ2) is 6.48. The zero-order valence-corrected chi connectivity index (χ0v) is 17.7. The van der Waals surface area contributed by atoms with Gasteiger partial charge in [0.1, 0.15) is 5.78 Å². The lowest BCUT2D eigenvalue weighted by Crippen LogP contribution is -2.57. The summed E-state index contributed by atoms with van der Waals surface area (Å²) in [5.41, 5.74) is 2.56. The van der Waals surface area contributed by atoms with E-state index in [2.05, 4.69) is 0 Å². The highest BCUT2D eigenvalue weighted by Crippen LogP contribution is 2.64. The lowest BCUT2D eigenvalue weighted by Gasteiger charge is -2.52. The summed E-state index contributed by atoms with van der Waals surface area (Å²) < 4.78 is 0. The van der Waals surface area contributed by atoms with Crippen LogP contribution >= 0.6 is 0 Å². The number of hydrogen-bond acceptors (Lipinski definition) is 4. The van der Waals surface area contributed by atoms with E-state index >= 15 is 0 Å². The van der Waals surface area contributed by atoms with Gasteiger partial charge in [-0.15, -0.1) is 0 Å². The third-order valence-corrected chi connectivity index (χ3v) is 7.55. The first-order valence-corrected chi connectivity index (χ1v) is 10.8. The van der Waals surface area contributed by atoms with E-state index in [1.165, 1.54) is 31.2 Å². The first-order chi connectivity index (χ1) is 15.9. The Labute approximate surface area is 189 Å². The molecule has 0 saturated carbocycles. The Morgan fingerprint density at radius 3 is 1.88 bits per heavy atom. The molecule has 1 N–H and O–H groups in total. The largest absolute Gasteiger partial charge is 0.478 e. The number of ketones is 1. The third kappa shape index (κ3) is 2.22. The van der Waals surface area contributed by atoms with Gasteiger partial charge in [-0.25, -0.2) is 9.69 Å². The van der Waals surface area contributed by atoms with Crippen molar-refractivity contribution in [3.05, 3.63) is 101 Å². The van der Waals surface area contributed by atoms with Gasteiger partial charge in [0.2, 0.25) is 11.8 Å². The van der Waals surface area contributed by atoms with E-state index in [-0.39, 0.29) is 23.2 Å². The van der Waals surface area contributed by atoms with E-state index in [0.29, 0.717) is 5.69 Å². The number of anilines is 1. The summed E-state index contributed by atoms with van der Waals surface area (Å²) in [6, 6.07) is 20.9. The van der Waals surface area contributed by atoms with Crippen LogP contribution in [0.3, 0.4) is 0 Å². The van der Waals surface area contributed by atoms with Crippen molar-refractivity contribution in [3.8, 4) is 0 Å². The van der Waals surface area contributed by atoms with Crippen LogP contribution in [-0.4, -0.2) is 28.7 Å². The number of benzene rings is 3. The van der Waals surface area contributed by atoms with E-state index < -0.39 is 29.1 Å². The molecule has 1 aliphatic heterocycles. The number of rotatable bonds is 3. The first kappa shape index (κ1) is 19.6. The number of carboxylic acids is 1. The summed E-state index contributed by atoms with van der Waals surface area (Å²) >= 11 is 0. The summed E-state index contributed by atoms with van der Waals surface area (Å²) in [6.45, 7) is 1.50. The summed E-state index contributed by atoms with van der Waals surface area (Å²) in [5, 5.41) is 9.20. The minimum absolute atomic E-state index is 0.0651. The highest BCUT2D eigenvalue weighted by atomic mass is 16.4. The van der Waals surface area contributed by atoms with E-state index in [1.807, 2.05) is 48.5 Å². The van der Waals surface area contributed by atoms with Crippen LogP contribution in [0.1, 0.15) is 45.5 Å². The number of Topliss-reactive ketones (excluding diaryl/α,β-unsaturated/α-hetero) is 1. The molecular formula is C27H19NO5. The SMILES string of the molecule is CC(=O)C12c3ccccc3C(c3ccccc31)[C@H]1C(=O)N(c3ccc(C(=O)O)cc3)C(=O)[C@H]12. The average molecular weight is 437 g/mol. The van der Waals surface area contributed by atoms with Gasteiger partial charge in [-0.1, -0.05) is 48.5 Å². The standard InChI is InChI=1S/C27H19NO5/c1-14(29)27-19-8-4-2-6-17(19)21(18-7-3-5-9-20(18)27)22-23(27)25(31)28(24(22)30)16-12-10-15(11-13-16)26(32)33/h2-13,21-23H,1H3,(H,32,33)/t21?,22-,23+,27?/m1/s1. The smallest absolute Gasteiger partial charge is 0.335 e. The second-order valence-corrected chi connectivity index (χ2v) is 8.88. The normalized spacial score (nSPS) is 26.6. The topological polar surface area (TPSA) is 91.8 Å². The Bertz CT molecular complexity index is 1340. The fourth-order valence-electron chi connectivity index (χ4n) is 6.38. The van der Waals surface area contributed by atoms with Crippen LogP contribution in [0.4, 0.5) is 5.69 Å². The molecule has 1 fully saturated rings. The Morgan fingerprint density at radius 2 is 1.36 bits per heavy atom. The predicted molar refractivity (Wildman–Crippen MR) is 119 cm³/mol. The maximum absolute atomic E-state index is 13.9. The lowest BCUT2D eigenvalue weighted by molar-refractivity contribution is -0.132. The van der Waals surface area contributed by atoms with Crippen molar-refractivity contribution >= 4 is 29.3 Å². The van der Waals surface area contributed by atoms with Crippen molar-refractivity contribution in [2.75, 3.05) is 4.90 Å². The predicted octanol–water partition coefficient (Wildman–Crippen LogP) is 3.52. The van der Waals surface area contributed by atoms with Gasteiger partial charge in [-0.05, 0) is 53.4 Å². The molecule has 33 heavy (non-hydrogen) atoms. The van der Waals surface area contributed by atoms with E-state index in [9.17, 15) is 24.3 Å². The molecule has 2 atom stereocenters. The second-order valence-electron chi connectivity index (χ2n) is 8.88. The molecule has 2 bridgehead atoms. The first-order valence-electron chi connectivity index (χ1n) is 10.8. The van der Waals surface area contributed by atoms with Gasteiger partial charge in [0.05, 0.1) is 28.5 Å². The molecule has 2 amide bonds. The molecule has 1 heterocycles. The van der Waals surface area contributed by atoms with Gasteiger partial charge in [-0.3, -0.25) is 14.4 Å². The molecule has 3 aromatic carbocycles. The molecule has 162 valence electrons. The average Bonchev–Trinajstić information content (AvgIpc) is 3.09. The van der Waals surface area contributed by atoms with Crippen LogP contribution in [0.25, 0.3) is 0 Å². The van der Waals surface area contributed by atoms with Gasteiger partial charge < -0.3 is 5.11 Å². The third-order valence-electron chi connectivity index (χ3n) is 7.55. The van der Waals surface area contributed by atoms with Gasteiger partial charge in [-0.2, -0.15) is 0 Å². The lowest BCUT2D eigenvalue weighted by atomic mass is 9.46. The highest BCUT2D eigenvalue weighted by molar-refractivity contribution is 6.25. The van der Waals surface area contributed by atoms with Gasteiger partial charge in [0, 0.05) is 5.92 Å². The molecule has 1 saturated heterocycles. The van der Waals surface area contributed by atoms with Crippen molar-refractivity contribution in [1.82, 2.24) is 0 Å². The molecule has 7 rings (SSSR count). The number of aromatic carboxylic acids is 1. The molecule has 3 aromatic rings. The fourth-order valence-corrected chi connectivity index (χ4v) is 6.38. The number of hydrogen-bond donors (Lipinski definition) is 1. The Balaban J connectivity index is 1.61. The quantitative estimate of drug-likeness (QED) is 0.633. The Hall–Kier alpha value is -4.06. The molecule has 4 aliphatic rings. The number of carboxylic acid groups (broad SMARTS) is 1. The molecule has 0 spiro atoms. The minimum atomic E-state index is -1.24. The van der Waals surface area contributed by atoms with Crippen molar-refractivity contribution in [3.63, 3.8) is 0 Å². The van der Waals surface area contributed by atoms with Gasteiger partial charge >= 0.3 is 5.97 Å². The molecule has 0 unspecified atom stereocenters. The van der Waals surface area contributed by atoms with E-state index in [0.717, 1.165) is 27.2 Å². The van der Waals surface area contributed by atoms with Crippen LogP contribution in [0.2, 0.25) is 0 Å². The minimum Gasteiger partial charge on any atom is -0.478 e. The number of imide groups is 1. The summed E-state index contributed by atoms with van der Waals surface area (Å²) in [4.78, 5) is 53.6. The number of amides is 2. The van der Waals surface area contributed by atoms with Gasteiger partial charge in [0.25, 0.3) is 0 Å². The van der Waals surface area contributed by atoms with Crippen LogP contribution in [0, 0.1) is 11.8 Å². The maximum Gasteiger partial charge on any atom is 0.335 e. The number of nitrogens with zero attached hydrogens (tertiary/aromatic N) is 1. The van der Waals surface area contributed by atoms with Crippen molar-refractivity contribution in [2.45, 2.75) is 18.3 Å². The molecule has 6 heteroatoms. The highest BCUT2D eigenvalue weighted by Gasteiger charge is 2.69. The Kier molecular flexibility index (Phi) is 3.85. The van der Waals surface area contributed by atoms with Crippen LogP contribution < -0.4 is 4.90 Å².